The first-order chi connectivity index (χ1) is 13.1. The number of ether oxygens (including phenoxy) is 2. The molecule has 1 aromatic rings. The Hall–Kier alpha value is -2.24. The molecule has 0 spiro atoms. The Morgan fingerprint density at radius 3 is 2.39 bits per heavy atom. The number of para-hydroxylation sites is 1. The number of carbonyl (C=O) groups is 2. The molecule has 2 fully saturated rings. The second kappa shape index (κ2) is 6.39. The van der Waals surface area contributed by atoms with Crippen LogP contribution in [0.4, 0.5) is 4.79 Å². The molecule has 1 saturated carbocycles. The minimum atomic E-state index is -0.496. The van der Waals surface area contributed by atoms with E-state index < -0.39 is 11.1 Å². The van der Waals surface area contributed by atoms with E-state index in [9.17, 15) is 9.59 Å². The minimum Gasteiger partial charge on any atom is -0.493 e. The number of hydrogen-bond donors (Lipinski definition) is 1. The fourth-order valence-electron chi connectivity index (χ4n) is 4.64. The molecule has 0 aromatic heterocycles. The molecule has 4 rings (SSSR count). The van der Waals surface area contributed by atoms with Crippen molar-refractivity contribution in [2.24, 2.45) is 17.8 Å². The molecule has 2 amide bonds. The average Bonchev–Trinajstić information content (AvgIpc) is 2.96. The van der Waals surface area contributed by atoms with E-state index in [1.54, 1.807) is 4.90 Å². The fraction of sp³-hybridized carbons (Fsp3) is 0.636. The van der Waals surface area contributed by atoms with Gasteiger partial charge in [0.25, 0.3) is 0 Å². The van der Waals surface area contributed by atoms with Gasteiger partial charge in [-0.05, 0) is 52.5 Å². The van der Waals surface area contributed by atoms with Crippen molar-refractivity contribution < 1.29 is 19.1 Å². The molecule has 2 unspecified atom stereocenters. The van der Waals surface area contributed by atoms with Gasteiger partial charge in [-0.25, -0.2) is 4.79 Å². The molecule has 2 aliphatic heterocycles. The Bertz CT molecular complexity index is 786. The van der Waals surface area contributed by atoms with Crippen LogP contribution in [0.2, 0.25) is 0 Å². The van der Waals surface area contributed by atoms with Crippen molar-refractivity contribution in [1.82, 2.24) is 10.2 Å². The topological polar surface area (TPSA) is 67.9 Å². The zero-order chi connectivity index (χ0) is 20.3. The summed E-state index contributed by atoms with van der Waals surface area (Å²) in [7, 11) is 0. The van der Waals surface area contributed by atoms with Crippen LogP contribution in [0.3, 0.4) is 0 Å². The van der Waals surface area contributed by atoms with Gasteiger partial charge in [-0.1, -0.05) is 18.2 Å². The number of piperidine rings is 1. The molecule has 4 atom stereocenters. The maximum Gasteiger partial charge on any atom is 0.410 e. The molecule has 1 aromatic carbocycles. The predicted octanol–water partition coefficient (Wildman–Crippen LogP) is 3.17. The highest BCUT2D eigenvalue weighted by molar-refractivity contribution is 5.84. The molecule has 1 saturated heterocycles. The monoisotopic (exact) mass is 386 g/mol. The standard InChI is InChI=1S/C22H30N2O4/c1-21(2,3)28-20(26)24-10-14-15(11-24)18(14)19(25)23-22(4,5)16-12-27-17-9-7-6-8-13(16)17/h6-9,14-16,18H,10-12H2,1-5H3,(H,23,25)/t14-,15+,16?,18?. The van der Waals surface area contributed by atoms with Crippen molar-refractivity contribution in [1.29, 1.82) is 0 Å². The molecule has 0 radical (unpaired) electrons. The lowest BCUT2D eigenvalue weighted by Crippen LogP contribution is -2.50. The van der Waals surface area contributed by atoms with Crippen molar-refractivity contribution in [2.75, 3.05) is 19.7 Å². The van der Waals surface area contributed by atoms with E-state index in [4.69, 9.17) is 9.47 Å². The molecule has 28 heavy (non-hydrogen) atoms. The summed E-state index contributed by atoms with van der Waals surface area (Å²) in [4.78, 5) is 26.9. The van der Waals surface area contributed by atoms with Crippen LogP contribution < -0.4 is 10.1 Å². The minimum absolute atomic E-state index is 0.00414. The van der Waals surface area contributed by atoms with E-state index in [0.717, 1.165) is 11.3 Å². The molecule has 1 N–H and O–H groups in total. The fourth-order valence-corrected chi connectivity index (χ4v) is 4.64. The average molecular weight is 386 g/mol. The lowest BCUT2D eigenvalue weighted by atomic mass is 9.83. The summed E-state index contributed by atoms with van der Waals surface area (Å²) in [5.41, 5.74) is 0.260. The first kappa shape index (κ1) is 19.1. The van der Waals surface area contributed by atoms with Crippen molar-refractivity contribution in [3.63, 3.8) is 0 Å². The number of hydrogen-bond acceptors (Lipinski definition) is 4. The van der Waals surface area contributed by atoms with Gasteiger partial charge in [0, 0.05) is 36.0 Å². The van der Waals surface area contributed by atoms with E-state index in [0.29, 0.717) is 19.7 Å². The Morgan fingerprint density at radius 1 is 1.11 bits per heavy atom. The Morgan fingerprint density at radius 2 is 1.75 bits per heavy atom. The molecular weight excluding hydrogens is 356 g/mol. The van der Waals surface area contributed by atoms with E-state index in [2.05, 4.69) is 25.2 Å². The summed E-state index contributed by atoms with van der Waals surface area (Å²) >= 11 is 0. The van der Waals surface area contributed by atoms with Gasteiger partial charge >= 0.3 is 6.09 Å². The highest BCUT2D eigenvalue weighted by Gasteiger charge is 2.61. The van der Waals surface area contributed by atoms with Crippen molar-refractivity contribution in [3.8, 4) is 5.75 Å². The lowest BCUT2D eigenvalue weighted by molar-refractivity contribution is -0.125. The predicted molar refractivity (Wildman–Crippen MR) is 105 cm³/mol. The van der Waals surface area contributed by atoms with Crippen LogP contribution in [0, 0.1) is 17.8 Å². The second-order valence-electron chi connectivity index (χ2n) is 9.85. The molecule has 6 nitrogen and oxygen atoms in total. The van der Waals surface area contributed by atoms with Crippen LogP contribution in [-0.2, 0) is 9.53 Å². The van der Waals surface area contributed by atoms with Crippen LogP contribution in [0.25, 0.3) is 0 Å². The van der Waals surface area contributed by atoms with Gasteiger partial charge in [-0.15, -0.1) is 0 Å². The van der Waals surface area contributed by atoms with Gasteiger partial charge < -0.3 is 19.7 Å². The first-order valence-electron chi connectivity index (χ1n) is 10.1. The van der Waals surface area contributed by atoms with E-state index in [1.807, 2.05) is 39.0 Å². The zero-order valence-electron chi connectivity index (χ0n) is 17.3. The number of carbonyl (C=O) groups excluding carboxylic acids is 2. The van der Waals surface area contributed by atoms with Crippen LogP contribution in [-0.4, -0.2) is 47.7 Å². The quantitative estimate of drug-likeness (QED) is 0.866. The summed E-state index contributed by atoms with van der Waals surface area (Å²) in [6.07, 6.45) is -0.279. The maximum absolute atomic E-state index is 12.9. The lowest BCUT2D eigenvalue weighted by Gasteiger charge is -2.32. The van der Waals surface area contributed by atoms with E-state index >= 15 is 0 Å². The molecular formula is C22H30N2O4. The second-order valence-corrected chi connectivity index (χ2v) is 9.85. The van der Waals surface area contributed by atoms with Gasteiger partial charge in [-0.3, -0.25) is 4.79 Å². The summed E-state index contributed by atoms with van der Waals surface area (Å²) in [5, 5.41) is 3.26. The van der Waals surface area contributed by atoms with Crippen molar-refractivity contribution in [2.45, 2.75) is 51.7 Å². The first-order valence-corrected chi connectivity index (χ1v) is 10.1. The Kier molecular flexibility index (Phi) is 4.36. The summed E-state index contributed by atoms with van der Waals surface area (Å²) in [5.74, 6) is 1.62. The van der Waals surface area contributed by atoms with E-state index in [1.165, 1.54) is 0 Å². The Balaban J connectivity index is 1.34. The van der Waals surface area contributed by atoms with Crippen LogP contribution >= 0.6 is 0 Å². The molecule has 6 heteroatoms. The summed E-state index contributed by atoms with van der Waals surface area (Å²) < 4.78 is 11.2. The van der Waals surface area contributed by atoms with Crippen LogP contribution in [0.5, 0.6) is 5.75 Å². The Labute approximate surface area is 166 Å². The molecule has 2 heterocycles. The summed E-state index contributed by atoms with van der Waals surface area (Å²) in [6.45, 7) is 11.5. The third-order valence-electron chi connectivity index (χ3n) is 6.16. The molecule has 1 aliphatic carbocycles. The third kappa shape index (κ3) is 3.45. The number of rotatable bonds is 3. The summed E-state index contributed by atoms with van der Waals surface area (Å²) in [6, 6.07) is 8.03. The largest absolute Gasteiger partial charge is 0.493 e. The maximum atomic E-state index is 12.9. The highest BCUT2D eigenvalue weighted by atomic mass is 16.6. The highest BCUT2D eigenvalue weighted by Crippen LogP contribution is 2.52. The number of nitrogens with zero attached hydrogens (tertiary/aromatic N) is 1. The SMILES string of the molecule is CC(C)(C)OC(=O)N1C[C@@H]2C(C(=O)NC(C)(C)C3COc4ccccc43)[C@@H]2C1. The van der Waals surface area contributed by atoms with Crippen molar-refractivity contribution >= 4 is 12.0 Å². The third-order valence-corrected chi connectivity index (χ3v) is 6.16. The van der Waals surface area contributed by atoms with E-state index in [-0.39, 0.29) is 35.7 Å². The number of benzene rings is 1. The van der Waals surface area contributed by atoms with Gasteiger partial charge in [0.05, 0.1) is 6.61 Å². The normalized spacial score (nSPS) is 28.2. The number of amides is 2. The number of fused-ring (bicyclic) bond motifs is 2. The molecule has 3 aliphatic rings. The smallest absolute Gasteiger partial charge is 0.410 e. The van der Waals surface area contributed by atoms with Gasteiger partial charge in [0.2, 0.25) is 5.91 Å². The van der Waals surface area contributed by atoms with Gasteiger partial charge in [-0.2, -0.15) is 0 Å². The van der Waals surface area contributed by atoms with Crippen LogP contribution in [0.15, 0.2) is 24.3 Å². The van der Waals surface area contributed by atoms with Gasteiger partial charge in [0.15, 0.2) is 0 Å². The van der Waals surface area contributed by atoms with Crippen LogP contribution in [0.1, 0.15) is 46.1 Å². The zero-order valence-corrected chi connectivity index (χ0v) is 17.3. The van der Waals surface area contributed by atoms with Gasteiger partial charge in [0.1, 0.15) is 11.4 Å². The number of nitrogens with one attached hydrogen (secondary N) is 1. The molecule has 152 valence electrons. The number of likely N-dealkylation sites (tertiary alicyclic amines) is 1. The molecule has 0 bridgehead atoms. The van der Waals surface area contributed by atoms with Crippen molar-refractivity contribution in [3.05, 3.63) is 29.8 Å².